The molecule has 2 aromatic rings. The van der Waals surface area contributed by atoms with E-state index in [9.17, 15) is 19.5 Å². The van der Waals surface area contributed by atoms with Crippen LogP contribution in [0.3, 0.4) is 0 Å². The highest BCUT2D eigenvalue weighted by atomic mass is 16.4. The number of anilines is 2. The zero-order valence-electron chi connectivity index (χ0n) is 13.4. The Bertz CT molecular complexity index is 782. The summed E-state index contributed by atoms with van der Waals surface area (Å²) in [7, 11) is 0. The second-order valence-electron chi connectivity index (χ2n) is 5.29. The molecule has 2 aromatic carbocycles. The van der Waals surface area contributed by atoms with Gasteiger partial charge in [0.05, 0.1) is 11.3 Å². The summed E-state index contributed by atoms with van der Waals surface area (Å²) in [6.07, 6.45) is 0.369. The first-order chi connectivity index (χ1) is 11.4. The third-order valence-corrected chi connectivity index (χ3v) is 3.41. The predicted octanol–water partition coefficient (Wildman–Crippen LogP) is 3.29. The van der Waals surface area contributed by atoms with E-state index in [4.69, 9.17) is 0 Å². The lowest BCUT2D eigenvalue weighted by Crippen LogP contribution is -2.15. The molecule has 3 N–H and O–H groups in total. The van der Waals surface area contributed by atoms with Crippen LogP contribution >= 0.6 is 0 Å². The van der Waals surface area contributed by atoms with Gasteiger partial charge in [0.15, 0.2) is 0 Å². The third kappa shape index (κ3) is 4.19. The van der Waals surface area contributed by atoms with Crippen LogP contribution in [0.2, 0.25) is 0 Å². The van der Waals surface area contributed by atoms with E-state index in [1.54, 1.807) is 50.2 Å². The van der Waals surface area contributed by atoms with Gasteiger partial charge in [0, 0.05) is 17.7 Å². The van der Waals surface area contributed by atoms with Crippen molar-refractivity contribution in [3.63, 3.8) is 0 Å². The molecule has 0 bridgehead atoms. The summed E-state index contributed by atoms with van der Waals surface area (Å²) >= 11 is 0. The number of aryl methyl sites for hydroxylation is 1. The lowest BCUT2D eigenvalue weighted by molar-refractivity contribution is -0.115. The van der Waals surface area contributed by atoms with E-state index >= 15 is 0 Å². The SMILES string of the molecule is CCC(=O)Nc1ccc(C(=O)Nc2ccc(C)cc2C(=O)O)cc1. The number of benzene rings is 2. The van der Waals surface area contributed by atoms with Gasteiger partial charge in [-0.3, -0.25) is 9.59 Å². The van der Waals surface area contributed by atoms with Crippen LogP contribution in [-0.4, -0.2) is 22.9 Å². The Labute approximate surface area is 139 Å². The Hall–Kier alpha value is -3.15. The number of carbonyl (C=O) groups is 3. The Kier molecular flexibility index (Phi) is 5.31. The van der Waals surface area contributed by atoms with Crippen LogP contribution in [0.5, 0.6) is 0 Å². The highest BCUT2D eigenvalue weighted by molar-refractivity contribution is 6.08. The first kappa shape index (κ1) is 17.2. The Morgan fingerprint density at radius 2 is 1.67 bits per heavy atom. The number of carbonyl (C=O) groups excluding carboxylic acids is 2. The molecule has 0 fully saturated rings. The molecule has 0 unspecified atom stereocenters. The number of rotatable bonds is 5. The molecular formula is C18H18N2O4. The molecule has 0 aliphatic rings. The van der Waals surface area contributed by atoms with Gasteiger partial charge in [0.1, 0.15) is 0 Å². The average molecular weight is 326 g/mol. The highest BCUT2D eigenvalue weighted by Crippen LogP contribution is 2.19. The van der Waals surface area contributed by atoms with Gasteiger partial charge < -0.3 is 15.7 Å². The van der Waals surface area contributed by atoms with Crippen molar-refractivity contribution in [3.8, 4) is 0 Å². The Morgan fingerprint density at radius 1 is 1.00 bits per heavy atom. The Morgan fingerprint density at radius 3 is 2.25 bits per heavy atom. The van der Waals surface area contributed by atoms with Crippen LogP contribution < -0.4 is 10.6 Å². The zero-order chi connectivity index (χ0) is 17.7. The minimum atomic E-state index is -1.10. The molecular weight excluding hydrogens is 308 g/mol. The zero-order valence-corrected chi connectivity index (χ0v) is 13.4. The van der Waals surface area contributed by atoms with Gasteiger partial charge in [-0.1, -0.05) is 18.6 Å². The molecule has 6 heteroatoms. The van der Waals surface area contributed by atoms with Crippen LogP contribution in [0.4, 0.5) is 11.4 Å². The molecule has 2 rings (SSSR count). The van der Waals surface area contributed by atoms with Crippen molar-refractivity contribution in [1.82, 2.24) is 0 Å². The fourth-order valence-electron chi connectivity index (χ4n) is 2.09. The maximum absolute atomic E-state index is 12.3. The number of nitrogens with one attached hydrogen (secondary N) is 2. The van der Waals surface area contributed by atoms with Crippen LogP contribution in [-0.2, 0) is 4.79 Å². The number of hydrogen-bond acceptors (Lipinski definition) is 3. The van der Waals surface area contributed by atoms with E-state index < -0.39 is 11.9 Å². The van der Waals surface area contributed by atoms with E-state index in [1.165, 1.54) is 6.07 Å². The van der Waals surface area contributed by atoms with Crippen LogP contribution in [0.15, 0.2) is 42.5 Å². The number of carboxylic acids is 1. The van der Waals surface area contributed by atoms with E-state index in [0.29, 0.717) is 17.7 Å². The van der Waals surface area contributed by atoms with Crippen molar-refractivity contribution >= 4 is 29.2 Å². The molecule has 0 aliphatic carbocycles. The van der Waals surface area contributed by atoms with Crippen LogP contribution in [0, 0.1) is 6.92 Å². The lowest BCUT2D eigenvalue weighted by Gasteiger charge is -2.10. The lowest BCUT2D eigenvalue weighted by atomic mass is 10.1. The van der Waals surface area contributed by atoms with Crippen molar-refractivity contribution < 1.29 is 19.5 Å². The van der Waals surface area contributed by atoms with Gasteiger partial charge in [-0.05, 0) is 43.3 Å². The molecule has 0 aliphatic heterocycles. The summed E-state index contributed by atoms with van der Waals surface area (Å²) < 4.78 is 0. The minimum absolute atomic E-state index is 0.0372. The molecule has 0 spiro atoms. The number of carboxylic acid groups (broad SMARTS) is 1. The van der Waals surface area contributed by atoms with Crippen molar-refractivity contribution in [2.24, 2.45) is 0 Å². The number of amides is 2. The predicted molar refractivity (Wildman–Crippen MR) is 91.5 cm³/mol. The fourth-order valence-corrected chi connectivity index (χ4v) is 2.09. The van der Waals surface area contributed by atoms with E-state index in [1.807, 2.05) is 0 Å². The van der Waals surface area contributed by atoms with Gasteiger partial charge in [-0.2, -0.15) is 0 Å². The molecule has 0 saturated carbocycles. The second-order valence-corrected chi connectivity index (χ2v) is 5.29. The van der Waals surface area contributed by atoms with E-state index in [0.717, 1.165) is 5.56 Å². The molecule has 0 saturated heterocycles. The van der Waals surface area contributed by atoms with Crippen molar-refractivity contribution in [3.05, 3.63) is 59.2 Å². The number of aromatic carboxylic acids is 1. The van der Waals surface area contributed by atoms with Gasteiger partial charge in [-0.25, -0.2) is 4.79 Å². The monoisotopic (exact) mass is 326 g/mol. The normalized spacial score (nSPS) is 10.1. The van der Waals surface area contributed by atoms with Gasteiger partial charge in [0.25, 0.3) is 5.91 Å². The molecule has 2 amide bonds. The molecule has 0 atom stereocenters. The largest absolute Gasteiger partial charge is 0.478 e. The van der Waals surface area contributed by atoms with Crippen LogP contribution in [0.1, 0.15) is 39.6 Å². The van der Waals surface area contributed by atoms with Crippen molar-refractivity contribution in [1.29, 1.82) is 0 Å². The molecule has 24 heavy (non-hydrogen) atoms. The minimum Gasteiger partial charge on any atom is -0.478 e. The molecule has 0 radical (unpaired) electrons. The molecule has 124 valence electrons. The van der Waals surface area contributed by atoms with Crippen molar-refractivity contribution in [2.45, 2.75) is 20.3 Å². The summed E-state index contributed by atoms with van der Waals surface area (Å²) in [5, 5.41) is 14.5. The molecule has 0 heterocycles. The van der Waals surface area contributed by atoms with Gasteiger partial charge in [-0.15, -0.1) is 0 Å². The number of hydrogen-bond donors (Lipinski definition) is 3. The summed E-state index contributed by atoms with van der Waals surface area (Å²) in [6.45, 7) is 3.53. The van der Waals surface area contributed by atoms with E-state index in [-0.39, 0.29) is 17.2 Å². The molecule has 6 nitrogen and oxygen atoms in total. The average Bonchev–Trinajstić information content (AvgIpc) is 2.56. The maximum atomic E-state index is 12.3. The quantitative estimate of drug-likeness (QED) is 0.785. The van der Waals surface area contributed by atoms with E-state index in [2.05, 4.69) is 10.6 Å². The summed E-state index contributed by atoms with van der Waals surface area (Å²) in [5.74, 6) is -1.64. The first-order valence-electron chi connectivity index (χ1n) is 7.46. The summed E-state index contributed by atoms with van der Waals surface area (Å²) in [5.41, 5.74) is 2.03. The highest BCUT2D eigenvalue weighted by Gasteiger charge is 2.14. The summed E-state index contributed by atoms with van der Waals surface area (Å²) in [6, 6.07) is 11.2. The second kappa shape index (κ2) is 7.41. The van der Waals surface area contributed by atoms with Gasteiger partial charge >= 0.3 is 5.97 Å². The smallest absolute Gasteiger partial charge is 0.337 e. The standard InChI is InChI=1S/C18H18N2O4/c1-3-16(21)19-13-7-5-12(6-8-13)17(22)20-15-9-4-11(2)10-14(15)18(23)24/h4-10H,3H2,1-2H3,(H,19,21)(H,20,22)(H,23,24). The van der Waals surface area contributed by atoms with Gasteiger partial charge in [0.2, 0.25) is 5.91 Å². The fraction of sp³-hybridized carbons (Fsp3) is 0.167. The topological polar surface area (TPSA) is 95.5 Å². The first-order valence-corrected chi connectivity index (χ1v) is 7.46. The summed E-state index contributed by atoms with van der Waals surface area (Å²) in [4.78, 5) is 34.9. The molecule has 0 aromatic heterocycles. The Balaban J connectivity index is 2.16. The maximum Gasteiger partial charge on any atom is 0.337 e. The van der Waals surface area contributed by atoms with Crippen LogP contribution in [0.25, 0.3) is 0 Å². The van der Waals surface area contributed by atoms with Crippen molar-refractivity contribution in [2.75, 3.05) is 10.6 Å². The third-order valence-electron chi connectivity index (χ3n) is 3.41.